The van der Waals surface area contributed by atoms with Crippen LogP contribution in [0.4, 0.5) is 4.79 Å². The van der Waals surface area contributed by atoms with Crippen LogP contribution < -0.4 is 9.47 Å². The summed E-state index contributed by atoms with van der Waals surface area (Å²) in [6, 6.07) is 5.29. The van der Waals surface area contributed by atoms with E-state index in [2.05, 4.69) is 0 Å². The molecule has 7 heteroatoms. The first-order valence-electron chi connectivity index (χ1n) is 7.07. The van der Waals surface area contributed by atoms with E-state index < -0.39 is 0 Å². The Labute approximate surface area is 139 Å². The summed E-state index contributed by atoms with van der Waals surface area (Å²) in [7, 11) is 4.70. The van der Waals surface area contributed by atoms with Crippen LogP contribution in [-0.4, -0.2) is 50.5 Å². The standard InChI is InChI=1S/C16H19NO5S/c1-20-8-4-7-17-15(18)14(23-16(17)19)10-11-9-12(21-2)5-6-13(11)22-3/h5-6,9-10H,4,7-8H2,1-3H3/b14-10+. The van der Waals surface area contributed by atoms with Crippen molar-refractivity contribution in [3.8, 4) is 11.5 Å². The number of benzene rings is 1. The molecule has 0 unspecified atom stereocenters. The minimum atomic E-state index is -0.291. The third-order valence-electron chi connectivity index (χ3n) is 3.33. The monoisotopic (exact) mass is 337 g/mol. The van der Waals surface area contributed by atoms with Gasteiger partial charge in [-0.25, -0.2) is 0 Å². The number of carbonyl (C=O) groups excluding carboxylic acids is 2. The van der Waals surface area contributed by atoms with Crippen molar-refractivity contribution in [1.82, 2.24) is 4.90 Å². The summed E-state index contributed by atoms with van der Waals surface area (Å²) in [6.45, 7) is 0.857. The highest BCUT2D eigenvalue weighted by Gasteiger charge is 2.34. The quantitative estimate of drug-likeness (QED) is 0.563. The predicted molar refractivity (Wildman–Crippen MR) is 88.7 cm³/mol. The largest absolute Gasteiger partial charge is 0.497 e. The molecule has 0 bridgehead atoms. The van der Waals surface area contributed by atoms with Crippen LogP contribution in [0.15, 0.2) is 23.1 Å². The van der Waals surface area contributed by atoms with Gasteiger partial charge in [-0.15, -0.1) is 0 Å². The van der Waals surface area contributed by atoms with Crippen molar-refractivity contribution in [2.45, 2.75) is 6.42 Å². The molecule has 23 heavy (non-hydrogen) atoms. The number of thioether (sulfide) groups is 1. The van der Waals surface area contributed by atoms with E-state index in [9.17, 15) is 9.59 Å². The average molecular weight is 337 g/mol. The van der Waals surface area contributed by atoms with Crippen LogP contribution in [0.25, 0.3) is 6.08 Å². The molecule has 1 aliphatic heterocycles. The zero-order valence-corrected chi connectivity index (χ0v) is 14.1. The van der Waals surface area contributed by atoms with Crippen molar-refractivity contribution in [1.29, 1.82) is 0 Å². The van der Waals surface area contributed by atoms with Crippen LogP contribution in [0, 0.1) is 0 Å². The number of methoxy groups -OCH3 is 3. The summed E-state index contributed by atoms with van der Waals surface area (Å²) in [6.07, 6.45) is 2.27. The van der Waals surface area contributed by atoms with Gasteiger partial charge in [-0.2, -0.15) is 0 Å². The molecule has 0 aromatic heterocycles. The highest BCUT2D eigenvalue weighted by atomic mass is 32.2. The van der Waals surface area contributed by atoms with Crippen LogP contribution in [0.3, 0.4) is 0 Å². The average Bonchev–Trinajstić information content (AvgIpc) is 2.82. The van der Waals surface area contributed by atoms with Crippen molar-refractivity contribution in [2.75, 3.05) is 34.5 Å². The van der Waals surface area contributed by atoms with Gasteiger partial charge in [-0.1, -0.05) is 0 Å². The van der Waals surface area contributed by atoms with E-state index in [1.165, 1.54) is 4.90 Å². The zero-order valence-electron chi connectivity index (χ0n) is 13.3. The first-order valence-corrected chi connectivity index (χ1v) is 7.88. The fourth-order valence-corrected chi connectivity index (χ4v) is 3.01. The van der Waals surface area contributed by atoms with Gasteiger partial charge in [0.15, 0.2) is 0 Å². The molecular weight excluding hydrogens is 318 g/mol. The van der Waals surface area contributed by atoms with Gasteiger partial charge in [0.05, 0.1) is 19.1 Å². The Bertz CT molecular complexity index is 629. The van der Waals surface area contributed by atoms with E-state index in [0.717, 1.165) is 11.8 Å². The Balaban J connectivity index is 2.23. The molecule has 6 nitrogen and oxygen atoms in total. The number of nitrogens with zero attached hydrogens (tertiary/aromatic N) is 1. The van der Waals surface area contributed by atoms with Gasteiger partial charge in [0.25, 0.3) is 11.1 Å². The minimum absolute atomic E-state index is 0.265. The third kappa shape index (κ3) is 4.05. The Kier molecular flexibility index (Phi) is 6.06. The second-order valence-electron chi connectivity index (χ2n) is 4.79. The molecule has 1 heterocycles. The van der Waals surface area contributed by atoms with Gasteiger partial charge in [0, 0.05) is 25.8 Å². The van der Waals surface area contributed by atoms with Crippen molar-refractivity contribution in [3.63, 3.8) is 0 Å². The molecule has 1 saturated heterocycles. The van der Waals surface area contributed by atoms with E-state index in [4.69, 9.17) is 14.2 Å². The molecule has 0 aliphatic carbocycles. The number of hydrogen-bond acceptors (Lipinski definition) is 6. The molecule has 2 rings (SSSR count). The van der Waals surface area contributed by atoms with Crippen LogP contribution in [-0.2, 0) is 9.53 Å². The Morgan fingerprint density at radius 3 is 2.61 bits per heavy atom. The first-order chi connectivity index (χ1) is 11.1. The molecule has 1 aromatic carbocycles. The van der Waals surface area contributed by atoms with Crippen LogP contribution in [0.1, 0.15) is 12.0 Å². The second kappa shape index (κ2) is 8.03. The smallest absolute Gasteiger partial charge is 0.293 e. The molecular formula is C16H19NO5S. The number of hydrogen-bond donors (Lipinski definition) is 0. The summed E-state index contributed by atoms with van der Waals surface area (Å²) in [5.74, 6) is 0.967. The summed E-state index contributed by atoms with van der Waals surface area (Å²) < 4.78 is 15.4. The lowest BCUT2D eigenvalue weighted by molar-refractivity contribution is -0.122. The predicted octanol–water partition coefficient (Wildman–Crippen LogP) is 2.78. The number of carbonyl (C=O) groups is 2. The molecule has 2 amide bonds. The Hall–Kier alpha value is -1.99. The minimum Gasteiger partial charge on any atom is -0.497 e. The fourth-order valence-electron chi connectivity index (χ4n) is 2.15. The second-order valence-corrected chi connectivity index (χ2v) is 5.78. The molecule has 0 radical (unpaired) electrons. The summed E-state index contributed by atoms with van der Waals surface area (Å²) in [5.41, 5.74) is 0.689. The molecule has 1 aliphatic rings. The Morgan fingerprint density at radius 2 is 1.96 bits per heavy atom. The normalized spacial score (nSPS) is 16.3. The van der Waals surface area contributed by atoms with Gasteiger partial charge in [0.1, 0.15) is 11.5 Å². The van der Waals surface area contributed by atoms with Gasteiger partial charge in [-0.05, 0) is 42.5 Å². The first kappa shape index (κ1) is 17.4. The van der Waals surface area contributed by atoms with E-state index in [0.29, 0.717) is 41.5 Å². The Morgan fingerprint density at radius 1 is 1.17 bits per heavy atom. The summed E-state index contributed by atoms with van der Waals surface area (Å²) >= 11 is 0.929. The topological polar surface area (TPSA) is 65.1 Å². The van der Waals surface area contributed by atoms with Crippen molar-refractivity contribution < 1.29 is 23.8 Å². The number of amides is 2. The van der Waals surface area contributed by atoms with E-state index in [1.807, 2.05) is 0 Å². The van der Waals surface area contributed by atoms with Gasteiger partial charge >= 0.3 is 0 Å². The lowest BCUT2D eigenvalue weighted by Crippen LogP contribution is -2.29. The number of rotatable bonds is 7. The van der Waals surface area contributed by atoms with E-state index >= 15 is 0 Å². The molecule has 1 aromatic rings. The zero-order chi connectivity index (χ0) is 16.8. The van der Waals surface area contributed by atoms with Gasteiger partial charge < -0.3 is 14.2 Å². The summed E-state index contributed by atoms with van der Waals surface area (Å²) in [4.78, 5) is 26.0. The number of imide groups is 1. The fraction of sp³-hybridized carbons (Fsp3) is 0.375. The van der Waals surface area contributed by atoms with E-state index in [1.54, 1.807) is 45.6 Å². The molecule has 0 saturated carbocycles. The highest BCUT2D eigenvalue weighted by molar-refractivity contribution is 8.18. The molecule has 0 spiro atoms. The van der Waals surface area contributed by atoms with E-state index in [-0.39, 0.29) is 11.1 Å². The van der Waals surface area contributed by atoms with Crippen LogP contribution in [0.5, 0.6) is 11.5 Å². The molecule has 1 fully saturated rings. The maximum absolute atomic E-state index is 12.4. The molecule has 0 atom stereocenters. The summed E-state index contributed by atoms with van der Waals surface area (Å²) in [5, 5.41) is -0.265. The van der Waals surface area contributed by atoms with Crippen LogP contribution >= 0.6 is 11.8 Å². The highest BCUT2D eigenvalue weighted by Crippen LogP contribution is 2.35. The third-order valence-corrected chi connectivity index (χ3v) is 4.23. The lowest BCUT2D eigenvalue weighted by Gasteiger charge is -2.11. The lowest BCUT2D eigenvalue weighted by atomic mass is 10.1. The maximum Gasteiger partial charge on any atom is 0.293 e. The van der Waals surface area contributed by atoms with Gasteiger partial charge in [0.2, 0.25) is 0 Å². The number of ether oxygens (including phenoxy) is 3. The van der Waals surface area contributed by atoms with Crippen LogP contribution in [0.2, 0.25) is 0 Å². The van der Waals surface area contributed by atoms with Crippen molar-refractivity contribution >= 4 is 29.0 Å². The molecule has 124 valence electrons. The molecule has 0 N–H and O–H groups in total. The van der Waals surface area contributed by atoms with Crippen molar-refractivity contribution in [2.24, 2.45) is 0 Å². The maximum atomic E-state index is 12.4. The van der Waals surface area contributed by atoms with Gasteiger partial charge in [-0.3, -0.25) is 14.5 Å². The SMILES string of the molecule is COCCCN1C(=O)S/C(=C/c2cc(OC)ccc2OC)C1=O. The van der Waals surface area contributed by atoms with Crippen molar-refractivity contribution in [3.05, 3.63) is 28.7 Å².